The molecule has 0 saturated heterocycles. The number of carboxylic acids is 1. The van der Waals surface area contributed by atoms with Crippen molar-refractivity contribution in [3.63, 3.8) is 0 Å². The summed E-state index contributed by atoms with van der Waals surface area (Å²) in [6.45, 7) is 0. The summed E-state index contributed by atoms with van der Waals surface area (Å²) in [4.78, 5) is 25.1. The number of hydrogen-bond acceptors (Lipinski definition) is 3. The van der Waals surface area contributed by atoms with Gasteiger partial charge in [0.1, 0.15) is 17.0 Å². The molecule has 0 bridgehead atoms. The van der Waals surface area contributed by atoms with Gasteiger partial charge in [0.15, 0.2) is 5.78 Å². The van der Waals surface area contributed by atoms with Gasteiger partial charge >= 0.3 is 12.1 Å². The number of hydrogen-bond donors (Lipinski definition) is 1. The Balaban J connectivity index is 2.23. The smallest absolute Gasteiger partial charge is 0.432 e. The molecule has 0 spiro atoms. The van der Waals surface area contributed by atoms with Crippen LogP contribution < -0.4 is 4.74 Å². The number of alkyl halides is 3. The molecule has 4 rings (SSSR count). The van der Waals surface area contributed by atoms with Gasteiger partial charge in [-0.25, -0.2) is 4.79 Å². The first-order valence-electron chi connectivity index (χ1n) is 8.80. The van der Waals surface area contributed by atoms with Gasteiger partial charge in [-0.05, 0) is 24.3 Å². The standard InChI is InChI=1S/C22H14F3NO4/c1-30-16-9-5-8-14-13(16)10-11-15-17(19(27)12-6-3-2-4-7-12)18(21(28)29)20(26(14)15)22(23,24)25/h2-11H,1H3,(H,28,29). The second-order valence-corrected chi connectivity index (χ2v) is 6.54. The largest absolute Gasteiger partial charge is 0.496 e. The van der Waals surface area contributed by atoms with Gasteiger partial charge in [0, 0.05) is 10.9 Å². The van der Waals surface area contributed by atoms with Crippen LogP contribution in [-0.4, -0.2) is 28.4 Å². The first-order valence-corrected chi connectivity index (χ1v) is 8.80. The Morgan fingerprint density at radius 1 is 0.900 bits per heavy atom. The molecule has 5 nitrogen and oxygen atoms in total. The fourth-order valence-electron chi connectivity index (χ4n) is 3.67. The molecule has 0 amide bonds. The van der Waals surface area contributed by atoms with Crippen molar-refractivity contribution in [2.45, 2.75) is 6.18 Å². The fourth-order valence-corrected chi connectivity index (χ4v) is 3.67. The first kappa shape index (κ1) is 19.5. The number of methoxy groups -OCH3 is 1. The van der Waals surface area contributed by atoms with E-state index in [1.165, 1.54) is 43.5 Å². The number of fused-ring (bicyclic) bond motifs is 3. The van der Waals surface area contributed by atoms with Crippen LogP contribution in [0.5, 0.6) is 5.75 Å². The lowest BCUT2D eigenvalue weighted by molar-refractivity contribution is -0.142. The second-order valence-electron chi connectivity index (χ2n) is 6.54. The summed E-state index contributed by atoms with van der Waals surface area (Å²) < 4.78 is 48.3. The number of carbonyl (C=O) groups excluding carboxylic acids is 1. The second kappa shape index (κ2) is 6.91. The number of rotatable bonds is 4. The third-order valence-corrected chi connectivity index (χ3v) is 4.86. The zero-order valence-corrected chi connectivity index (χ0v) is 15.5. The van der Waals surface area contributed by atoms with Crippen molar-refractivity contribution in [1.29, 1.82) is 0 Å². The Morgan fingerprint density at radius 2 is 1.60 bits per heavy atom. The molecule has 2 heterocycles. The highest BCUT2D eigenvalue weighted by atomic mass is 19.4. The Labute approximate surface area is 167 Å². The van der Waals surface area contributed by atoms with E-state index in [9.17, 15) is 27.9 Å². The monoisotopic (exact) mass is 413 g/mol. The zero-order valence-electron chi connectivity index (χ0n) is 15.5. The van der Waals surface area contributed by atoms with E-state index >= 15 is 0 Å². The van der Waals surface area contributed by atoms with Gasteiger partial charge in [-0.2, -0.15) is 13.2 Å². The Hall–Kier alpha value is -3.81. The fraction of sp³-hybridized carbons (Fsp3) is 0.0909. The van der Waals surface area contributed by atoms with Crippen LogP contribution in [0, 0.1) is 0 Å². The molecule has 0 aliphatic heterocycles. The number of halogens is 3. The van der Waals surface area contributed by atoms with E-state index in [0.29, 0.717) is 11.1 Å². The number of aromatic nitrogens is 1. The summed E-state index contributed by atoms with van der Waals surface area (Å²) in [7, 11) is 1.38. The number of aromatic carboxylic acids is 1. The Kier molecular flexibility index (Phi) is 4.49. The van der Waals surface area contributed by atoms with Crippen LogP contribution in [0.2, 0.25) is 0 Å². The summed E-state index contributed by atoms with van der Waals surface area (Å²) in [6, 6.07) is 14.9. The first-order chi connectivity index (χ1) is 14.3. The Bertz CT molecular complexity index is 1310. The van der Waals surface area contributed by atoms with E-state index < -0.39 is 34.7 Å². The molecule has 30 heavy (non-hydrogen) atoms. The molecule has 4 aromatic rings. The van der Waals surface area contributed by atoms with E-state index in [-0.39, 0.29) is 16.6 Å². The topological polar surface area (TPSA) is 68.0 Å². The van der Waals surface area contributed by atoms with E-state index in [0.717, 1.165) is 4.40 Å². The molecule has 1 N–H and O–H groups in total. The van der Waals surface area contributed by atoms with E-state index in [4.69, 9.17) is 4.74 Å². The lowest BCUT2D eigenvalue weighted by atomic mass is 9.99. The van der Waals surface area contributed by atoms with Crippen LogP contribution in [0.25, 0.3) is 16.4 Å². The maximum atomic E-state index is 14.1. The van der Waals surface area contributed by atoms with Gasteiger partial charge in [-0.1, -0.05) is 36.4 Å². The Morgan fingerprint density at radius 3 is 2.20 bits per heavy atom. The van der Waals surface area contributed by atoms with E-state index in [2.05, 4.69) is 0 Å². The van der Waals surface area contributed by atoms with Crippen LogP contribution in [0.15, 0.2) is 60.7 Å². The number of pyridine rings is 1. The molecule has 0 saturated carbocycles. The minimum absolute atomic E-state index is 0.0776. The van der Waals surface area contributed by atoms with Crippen molar-refractivity contribution >= 4 is 28.2 Å². The van der Waals surface area contributed by atoms with Crippen LogP contribution >= 0.6 is 0 Å². The predicted octanol–water partition coefficient (Wildman–Crippen LogP) is 5.05. The predicted molar refractivity (Wildman–Crippen MR) is 103 cm³/mol. The minimum atomic E-state index is -5.02. The van der Waals surface area contributed by atoms with Gasteiger partial charge in [0.2, 0.25) is 0 Å². The molecule has 0 aliphatic carbocycles. The third-order valence-electron chi connectivity index (χ3n) is 4.86. The molecule has 2 aromatic carbocycles. The number of benzene rings is 2. The van der Waals surface area contributed by atoms with E-state index in [1.807, 2.05) is 0 Å². The SMILES string of the molecule is COc1cccc2c1ccc1c(C(=O)c3ccccc3)c(C(=O)O)c(C(F)(F)F)n12. The third kappa shape index (κ3) is 2.88. The summed E-state index contributed by atoms with van der Waals surface area (Å²) in [6.07, 6.45) is -5.02. The number of nitrogens with zero attached hydrogens (tertiary/aromatic N) is 1. The van der Waals surface area contributed by atoms with Gasteiger partial charge in [-0.3, -0.25) is 4.79 Å². The summed E-state index contributed by atoms with van der Waals surface area (Å²) >= 11 is 0. The molecule has 0 atom stereocenters. The number of ether oxygens (including phenoxy) is 1. The van der Waals surface area contributed by atoms with Crippen molar-refractivity contribution in [2.24, 2.45) is 0 Å². The molecule has 8 heteroatoms. The van der Waals surface area contributed by atoms with Gasteiger partial charge in [0.05, 0.1) is 23.7 Å². The molecular formula is C22H14F3NO4. The normalized spacial score (nSPS) is 11.7. The molecular weight excluding hydrogens is 399 g/mol. The molecule has 2 aromatic heterocycles. The van der Waals surface area contributed by atoms with Crippen LogP contribution in [0.1, 0.15) is 32.0 Å². The molecule has 0 unspecified atom stereocenters. The maximum absolute atomic E-state index is 14.1. The highest BCUT2D eigenvalue weighted by Gasteiger charge is 2.43. The van der Waals surface area contributed by atoms with Crippen molar-refractivity contribution in [2.75, 3.05) is 7.11 Å². The lowest BCUT2D eigenvalue weighted by Gasteiger charge is -2.12. The summed E-state index contributed by atoms with van der Waals surface area (Å²) in [5.74, 6) is -2.31. The van der Waals surface area contributed by atoms with Gasteiger partial charge in [0.25, 0.3) is 0 Å². The maximum Gasteiger partial charge on any atom is 0.432 e. The van der Waals surface area contributed by atoms with Crippen molar-refractivity contribution in [3.8, 4) is 5.75 Å². The number of ketones is 1. The van der Waals surface area contributed by atoms with Crippen LogP contribution in [0.3, 0.4) is 0 Å². The van der Waals surface area contributed by atoms with Crippen LogP contribution in [-0.2, 0) is 6.18 Å². The average molecular weight is 413 g/mol. The van der Waals surface area contributed by atoms with Crippen LogP contribution in [0.4, 0.5) is 13.2 Å². The number of carboxylic acid groups (broad SMARTS) is 1. The number of carbonyl (C=O) groups is 2. The highest BCUT2D eigenvalue weighted by molar-refractivity contribution is 6.19. The quantitative estimate of drug-likeness (QED) is 0.476. The lowest BCUT2D eigenvalue weighted by Crippen LogP contribution is -2.16. The highest BCUT2D eigenvalue weighted by Crippen LogP contribution is 2.40. The zero-order chi connectivity index (χ0) is 21.6. The summed E-state index contributed by atoms with van der Waals surface area (Å²) in [5.41, 5.74) is -2.98. The molecule has 0 radical (unpaired) electrons. The average Bonchev–Trinajstić information content (AvgIpc) is 3.09. The summed E-state index contributed by atoms with van der Waals surface area (Å²) in [5, 5.41) is 10.0. The molecule has 0 aliphatic rings. The van der Waals surface area contributed by atoms with Crippen molar-refractivity contribution in [1.82, 2.24) is 4.40 Å². The van der Waals surface area contributed by atoms with Gasteiger partial charge in [-0.15, -0.1) is 0 Å². The van der Waals surface area contributed by atoms with E-state index in [1.54, 1.807) is 24.3 Å². The molecule has 152 valence electrons. The van der Waals surface area contributed by atoms with Gasteiger partial charge < -0.3 is 14.2 Å². The minimum Gasteiger partial charge on any atom is -0.496 e. The van der Waals surface area contributed by atoms with Crippen molar-refractivity contribution < 1.29 is 32.6 Å². The van der Waals surface area contributed by atoms with Crippen molar-refractivity contribution in [3.05, 3.63) is 83.0 Å². The molecule has 0 fully saturated rings.